The summed E-state index contributed by atoms with van der Waals surface area (Å²) in [6.45, 7) is 1.34. The number of benzene rings is 2. The number of carbonyl (C=O) groups is 2. The van der Waals surface area contributed by atoms with Gasteiger partial charge in [-0.15, -0.1) is 0 Å². The van der Waals surface area contributed by atoms with Crippen LogP contribution >= 0.6 is 0 Å². The Morgan fingerprint density at radius 2 is 1.74 bits per heavy atom. The number of halogens is 3. The van der Waals surface area contributed by atoms with Gasteiger partial charge in [0.1, 0.15) is 0 Å². The SMILES string of the molecule is C[C@@H](OC(=O)c1cccc(N(C)C)c1)C(=O)Nc1cccc(C(F)(F)F)c1. The molecule has 0 aliphatic rings. The summed E-state index contributed by atoms with van der Waals surface area (Å²) < 4.78 is 43.3. The molecule has 0 saturated carbocycles. The molecule has 2 aromatic rings. The molecular weight excluding hydrogens is 361 g/mol. The van der Waals surface area contributed by atoms with Crippen LogP contribution in [0, 0.1) is 0 Å². The Morgan fingerprint density at radius 3 is 2.37 bits per heavy atom. The average molecular weight is 380 g/mol. The fraction of sp³-hybridized carbons (Fsp3) is 0.263. The minimum Gasteiger partial charge on any atom is -0.449 e. The van der Waals surface area contributed by atoms with E-state index in [0.29, 0.717) is 0 Å². The molecule has 2 aromatic carbocycles. The van der Waals surface area contributed by atoms with Crippen LogP contribution in [0.25, 0.3) is 0 Å². The van der Waals surface area contributed by atoms with Gasteiger partial charge >= 0.3 is 12.1 Å². The second kappa shape index (κ2) is 8.11. The molecule has 0 unspecified atom stereocenters. The predicted octanol–water partition coefficient (Wildman–Crippen LogP) is 3.96. The van der Waals surface area contributed by atoms with E-state index >= 15 is 0 Å². The number of hydrogen-bond donors (Lipinski definition) is 1. The maximum Gasteiger partial charge on any atom is 0.416 e. The quantitative estimate of drug-likeness (QED) is 0.798. The maximum absolute atomic E-state index is 12.7. The minimum atomic E-state index is -4.52. The van der Waals surface area contributed by atoms with Crippen molar-refractivity contribution in [2.45, 2.75) is 19.2 Å². The molecule has 144 valence electrons. The van der Waals surface area contributed by atoms with Gasteiger partial charge < -0.3 is 15.0 Å². The van der Waals surface area contributed by atoms with Crippen molar-refractivity contribution in [2.75, 3.05) is 24.3 Å². The van der Waals surface area contributed by atoms with E-state index in [2.05, 4.69) is 5.32 Å². The third kappa shape index (κ3) is 5.47. The molecule has 0 aliphatic heterocycles. The van der Waals surface area contributed by atoms with E-state index in [9.17, 15) is 22.8 Å². The predicted molar refractivity (Wildman–Crippen MR) is 95.7 cm³/mol. The number of anilines is 2. The van der Waals surface area contributed by atoms with Crippen molar-refractivity contribution < 1.29 is 27.5 Å². The van der Waals surface area contributed by atoms with Gasteiger partial charge in [-0.3, -0.25) is 4.79 Å². The number of amides is 1. The lowest BCUT2D eigenvalue weighted by atomic mass is 10.2. The topological polar surface area (TPSA) is 58.6 Å². The molecule has 0 fully saturated rings. The van der Waals surface area contributed by atoms with Gasteiger partial charge in [0, 0.05) is 25.5 Å². The Morgan fingerprint density at radius 1 is 1.07 bits per heavy atom. The Bertz CT molecular complexity index is 835. The molecule has 2 rings (SSSR count). The van der Waals surface area contributed by atoms with E-state index in [4.69, 9.17) is 4.74 Å². The van der Waals surface area contributed by atoms with Crippen molar-refractivity contribution in [3.05, 3.63) is 59.7 Å². The molecule has 5 nitrogen and oxygen atoms in total. The highest BCUT2D eigenvalue weighted by molar-refractivity contribution is 5.97. The molecule has 8 heteroatoms. The van der Waals surface area contributed by atoms with Gasteiger partial charge in [0.15, 0.2) is 6.10 Å². The van der Waals surface area contributed by atoms with E-state index in [1.807, 2.05) is 14.1 Å². The number of carbonyl (C=O) groups excluding carboxylic acids is 2. The van der Waals surface area contributed by atoms with Gasteiger partial charge in [-0.2, -0.15) is 13.2 Å². The zero-order chi connectivity index (χ0) is 20.2. The minimum absolute atomic E-state index is 0.0349. The first-order valence-corrected chi connectivity index (χ1v) is 8.04. The summed E-state index contributed by atoms with van der Waals surface area (Å²) in [4.78, 5) is 26.1. The Kier molecular flexibility index (Phi) is 6.09. The van der Waals surface area contributed by atoms with Gasteiger partial charge in [-0.05, 0) is 43.3 Å². The van der Waals surface area contributed by atoms with E-state index < -0.39 is 29.7 Å². The molecule has 0 heterocycles. The Balaban J connectivity index is 2.03. The number of nitrogens with one attached hydrogen (secondary N) is 1. The van der Waals surface area contributed by atoms with Crippen molar-refractivity contribution in [1.82, 2.24) is 0 Å². The second-order valence-corrected chi connectivity index (χ2v) is 6.06. The summed E-state index contributed by atoms with van der Waals surface area (Å²) in [6, 6.07) is 10.9. The number of rotatable bonds is 5. The number of ether oxygens (including phenoxy) is 1. The highest BCUT2D eigenvalue weighted by Crippen LogP contribution is 2.30. The normalized spacial score (nSPS) is 12.2. The zero-order valence-electron chi connectivity index (χ0n) is 15.0. The highest BCUT2D eigenvalue weighted by Gasteiger charge is 2.30. The van der Waals surface area contributed by atoms with E-state index in [0.717, 1.165) is 17.8 Å². The molecule has 1 atom stereocenters. The van der Waals surface area contributed by atoms with Crippen LogP contribution in [-0.2, 0) is 15.7 Å². The lowest BCUT2D eigenvalue weighted by Gasteiger charge is -2.16. The van der Waals surface area contributed by atoms with Crippen LogP contribution in [0.1, 0.15) is 22.8 Å². The lowest BCUT2D eigenvalue weighted by Crippen LogP contribution is -2.30. The first kappa shape index (κ1) is 20.3. The molecule has 0 saturated heterocycles. The van der Waals surface area contributed by atoms with E-state index in [1.165, 1.54) is 19.1 Å². The molecule has 0 aliphatic carbocycles. The largest absolute Gasteiger partial charge is 0.449 e. The first-order valence-electron chi connectivity index (χ1n) is 8.04. The summed E-state index contributed by atoms with van der Waals surface area (Å²) in [7, 11) is 3.63. The van der Waals surface area contributed by atoms with Gasteiger partial charge in [0.25, 0.3) is 5.91 Å². The summed E-state index contributed by atoms with van der Waals surface area (Å²) in [6.07, 6.45) is -5.70. The van der Waals surface area contributed by atoms with E-state index in [-0.39, 0.29) is 11.3 Å². The van der Waals surface area contributed by atoms with Crippen LogP contribution in [0.3, 0.4) is 0 Å². The van der Waals surface area contributed by atoms with Gasteiger partial charge in [-0.25, -0.2) is 4.79 Å². The van der Waals surface area contributed by atoms with Gasteiger partial charge in [0.2, 0.25) is 0 Å². The lowest BCUT2D eigenvalue weighted by molar-refractivity contribution is -0.137. The van der Waals surface area contributed by atoms with Gasteiger partial charge in [0.05, 0.1) is 11.1 Å². The fourth-order valence-electron chi connectivity index (χ4n) is 2.21. The van der Waals surface area contributed by atoms with Crippen LogP contribution in [0.2, 0.25) is 0 Å². The number of alkyl halides is 3. The fourth-order valence-corrected chi connectivity index (χ4v) is 2.21. The van der Waals surface area contributed by atoms with Crippen molar-refractivity contribution in [3.8, 4) is 0 Å². The van der Waals surface area contributed by atoms with Crippen molar-refractivity contribution in [1.29, 1.82) is 0 Å². The van der Waals surface area contributed by atoms with Crippen LogP contribution in [0.15, 0.2) is 48.5 Å². The second-order valence-electron chi connectivity index (χ2n) is 6.06. The first-order chi connectivity index (χ1) is 12.6. The number of esters is 1. The molecule has 1 amide bonds. The third-order valence-electron chi connectivity index (χ3n) is 3.71. The van der Waals surface area contributed by atoms with Crippen molar-refractivity contribution in [2.24, 2.45) is 0 Å². The van der Waals surface area contributed by atoms with E-state index in [1.54, 1.807) is 29.2 Å². The molecule has 0 aromatic heterocycles. The van der Waals surface area contributed by atoms with Crippen LogP contribution in [0.5, 0.6) is 0 Å². The molecule has 27 heavy (non-hydrogen) atoms. The molecule has 0 radical (unpaired) electrons. The Labute approximate surface area is 154 Å². The number of hydrogen-bond acceptors (Lipinski definition) is 4. The average Bonchev–Trinajstić information content (AvgIpc) is 2.61. The molecule has 1 N–H and O–H groups in total. The summed E-state index contributed by atoms with van der Waals surface area (Å²) >= 11 is 0. The summed E-state index contributed by atoms with van der Waals surface area (Å²) in [5.41, 5.74) is 0.128. The maximum atomic E-state index is 12.7. The molecule has 0 bridgehead atoms. The zero-order valence-corrected chi connectivity index (χ0v) is 15.0. The van der Waals surface area contributed by atoms with Crippen LogP contribution in [-0.4, -0.2) is 32.1 Å². The Hall–Kier alpha value is -3.03. The number of nitrogens with zero attached hydrogens (tertiary/aromatic N) is 1. The van der Waals surface area contributed by atoms with Gasteiger partial charge in [-0.1, -0.05) is 12.1 Å². The third-order valence-corrected chi connectivity index (χ3v) is 3.71. The monoisotopic (exact) mass is 380 g/mol. The van der Waals surface area contributed by atoms with Crippen LogP contribution in [0.4, 0.5) is 24.5 Å². The van der Waals surface area contributed by atoms with Crippen molar-refractivity contribution in [3.63, 3.8) is 0 Å². The molecule has 0 spiro atoms. The standard InChI is InChI=1S/C19H19F3N2O3/c1-12(27-18(26)13-6-4-9-16(10-13)24(2)3)17(25)23-15-8-5-7-14(11-15)19(20,21)22/h4-12H,1-3H3,(H,23,25)/t12-/m1/s1. The smallest absolute Gasteiger partial charge is 0.416 e. The molecular formula is C19H19F3N2O3. The van der Waals surface area contributed by atoms with Crippen LogP contribution < -0.4 is 10.2 Å². The highest BCUT2D eigenvalue weighted by atomic mass is 19.4. The summed E-state index contributed by atoms with van der Waals surface area (Å²) in [5.74, 6) is -1.43. The van der Waals surface area contributed by atoms with Crippen molar-refractivity contribution >= 4 is 23.3 Å². The summed E-state index contributed by atoms with van der Waals surface area (Å²) in [5, 5.41) is 2.32.